The van der Waals surface area contributed by atoms with Gasteiger partial charge in [0.05, 0.1) is 5.39 Å². The maximum Gasteiger partial charge on any atom is 0.144 e. The molecule has 0 bridgehead atoms. The van der Waals surface area contributed by atoms with E-state index < -0.39 is 8.07 Å². The van der Waals surface area contributed by atoms with Gasteiger partial charge in [-0.15, -0.1) is 0 Å². The SMILES string of the molecule is C[Si](C)(C)CCOCn1cc(-c2cncnc2)c2c(N3CCC[C@]4(CCCCN4)C3)ccnc21. The first kappa shape index (κ1) is 23.4. The molecule has 182 valence electrons. The first-order valence-electron chi connectivity index (χ1n) is 12.8. The van der Waals surface area contributed by atoms with Gasteiger partial charge in [-0.2, -0.15) is 0 Å². The largest absolute Gasteiger partial charge is 0.369 e. The fourth-order valence-electron chi connectivity index (χ4n) is 5.47. The van der Waals surface area contributed by atoms with Crippen LogP contribution in [0.5, 0.6) is 0 Å². The van der Waals surface area contributed by atoms with Crippen LogP contribution in [0.4, 0.5) is 5.69 Å². The summed E-state index contributed by atoms with van der Waals surface area (Å²) in [4.78, 5) is 16.0. The summed E-state index contributed by atoms with van der Waals surface area (Å²) in [5.41, 5.74) is 4.62. The zero-order chi connectivity index (χ0) is 23.6. The average Bonchev–Trinajstić information content (AvgIpc) is 3.21. The van der Waals surface area contributed by atoms with Gasteiger partial charge in [0, 0.05) is 74.9 Å². The predicted molar refractivity (Wildman–Crippen MR) is 141 cm³/mol. The third-order valence-corrected chi connectivity index (χ3v) is 9.04. The Balaban J connectivity index is 1.50. The molecule has 7 nitrogen and oxygen atoms in total. The number of hydrogen-bond acceptors (Lipinski definition) is 6. The Hall–Kier alpha value is -2.29. The highest BCUT2D eigenvalue weighted by molar-refractivity contribution is 6.76. The van der Waals surface area contributed by atoms with Crippen molar-refractivity contribution in [3.8, 4) is 11.1 Å². The van der Waals surface area contributed by atoms with E-state index in [1.165, 1.54) is 43.2 Å². The lowest BCUT2D eigenvalue weighted by Gasteiger charge is -2.47. The number of rotatable bonds is 7. The van der Waals surface area contributed by atoms with Crippen LogP contribution >= 0.6 is 0 Å². The molecule has 1 spiro atoms. The van der Waals surface area contributed by atoms with Gasteiger partial charge >= 0.3 is 0 Å². The van der Waals surface area contributed by atoms with Gasteiger partial charge in [-0.3, -0.25) is 0 Å². The average molecular weight is 479 g/mol. The lowest BCUT2D eigenvalue weighted by atomic mass is 9.81. The van der Waals surface area contributed by atoms with Crippen molar-refractivity contribution >= 4 is 24.8 Å². The summed E-state index contributed by atoms with van der Waals surface area (Å²) in [6.07, 6.45) is 15.9. The van der Waals surface area contributed by atoms with E-state index in [9.17, 15) is 0 Å². The van der Waals surface area contributed by atoms with E-state index in [1.807, 2.05) is 18.6 Å². The van der Waals surface area contributed by atoms with Gasteiger partial charge in [-0.05, 0) is 44.3 Å². The third-order valence-electron chi connectivity index (χ3n) is 7.33. The zero-order valence-corrected chi connectivity index (χ0v) is 21.9. The molecule has 0 radical (unpaired) electrons. The highest BCUT2D eigenvalue weighted by atomic mass is 28.3. The van der Waals surface area contributed by atoms with E-state index in [0.717, 1.165) is 49.1 Å². The number of ether oxygens (including phenoxy) is 1. The van der Waals surface area contributed by atoms with Crippen LogP contribution in [-0.2, 0) is 11.5 Å². The molecule has 1 N–H and O–H groups in total. The van der Waals surface area contributed by atoms with Crippen molar-refractivity contribution < 1.29 is 4.74 Å². The number of hydrogen-bond donors (Lipinski definition) is 1. The molecule has 2 aliphatic rings. The monoisotopic (exact) mass is 478 g/mol. The summed E-state index contributed by atoms with van der Waals surface area (Å²) in [7, 11) is -1.13. The second kappa shape index (κ2) is 9.75. The van der Waals surface area contributed by atoms with Crippen LogP contribution < -0.4 is 10.2 Å². The molecule has 34 heavy (non-hydrogen) atoms. The quantitative estimate of drug-likeness (QED) is 0.384. The van der Waals surface area contributed by atoms with Crippen molar-refractivity contribution in [1.29, 1.82) is 0 Å². The van der Waals surface area contributed by atoms with Crippen molar-refractivity contribution in [1.82, 2.24) is 24.8 Å². The lowest BCUT2D eigenvalue weighted by Crippen LogP contribution is -2.59. The Bertz CT molecular complexity index is 1100. The van der Waals surface area contributed by atoms with E-state index >= 15 is 0 Å². The molecular formula is C26H38N6OSi. The number of fused-ring (bicyclic) bond motifs is 1. The number of anilines is 1. The van der Waals surface area contributed by atoms with Gasteiger partial charge in [0.25, 0.3) is 0 Å². The van der Waals surface area contributed by atoms with Crippen LogP contribution in [0.2, 0.25) is 25.7 Å². The fraction of sp³-hybridized carbons (Fsp3) is 0.577. The van der Waals surface area contributed by atoms with Crippen molar-refractivity contribution in [3.05, 3.63) is 37.2 Å². The normalized spacial score (nSPS) is 21.4. The maximum absolute atomic E-state index is 6.13. The molecule has 0 amide bonds. The molecule has 0 unspecified atom stereocenters. The Kier molecular flexibility index (Phi) is 6.73. The molecule has 2 aliphatic heterocycles. The molecule has 0 aliphatic carbocycles. The summed E-state index contributed by atoms with van der Waals surface area (Å²) < 4.78 is 8.29. The minimum absolute atomic E-state index is 0.241. The first-order valence-corrected chi connectivity index (χ1v) is 16.5. The molecule has 0 aromatic carbocycles. The molecule has 5 rings (SSSR count). The Morgan fingerprint density at radius 2 is 1.94 bits per heavy atom. The number of pyridine rings is 1. The van der Waals surface area contributed by atoms with E-state index in [-0.39, 0.29) is 5.54 Å². The number of nitrogens with zero attached hydrogens (tertiary/aromatic N) is 5. The Labute approximate surface area is 204 Å². The summed E-state index contributed by atoms with van der Waals surface area (Å²) in [5.74, 6) is 0. The van der Waals surface area contributed by atoms with Crippen molar-refractivity contribution in [2.45, 2.75) is 70.1 Å². The molecule has 5 heterocycles. The van der Waals surface area contributed by atoms with Crippen LogP contribution in [0.3, 0.4) is 0 Å². The second-order valence-corrected chi connectivity index (χ2v) is 16.8. The van der Waals surface area contributed by atoms with Gasteiger partial charge in [0.2, 0.25) is 0 Å². The van der Waals surface area contributed by atoms with E-state index in [2.05, 4.69) is 56.7 Å². The van der Waals surface area contributed by atoms with Crippen molar-refractivity contribution in [3.63, 3.8) is 0 Å². The molecule has 0 saturated carbocycles. The summed E-state index contributed by atoms with van der Waals surface area (Å²) in [5, 5.41) is 5.06. The van der Waals surface area contributed by atoms with Gasteiger partial charge in [-0.1, -0.05) is 26.1 Å². The molecule has 2 fully saturated rings. The number of aromatic nitrogens is 4. The Morgan fingerprint density at radius 3 is 2.71 bits per heavy atom. The number of nitrogens with one attached hydrogen (secondary N) is 1. The Morgan fingerprint density at radius 1 is 1.12 bits per heavy atom. The second-order valence-electron chi connectivity index (χ2n) is 11.2. The topological polar surface area (TPSA) is 68.1 Å². The van der Waals surface area contributed by atoms with Gasteiger partial charge in [0.15, 0.2) is 0 Å². The molecule has 3 aromatic heterocycles. The van der Waals surface area contributed by atoms with Crippen molar-refractivity contribution in [2.24, 2.45) is 0 Å². The summed E-state index contributed by atoms with van der Waals surface area (Å²) in [6.45, 7) is 11.7. The smallest absolute Gasteiger partial charge is 0.144 e. The zero-order valence-electron chi connectivity index (χ0n) is 20.9. The molecule has 3 aromatic rings. The molecular weight excluding hydrogens is 440 g/mol. The summed E-state index contributed by atoms with van der Waals surface area (Å²) >= 11 is 0. The fourth-order valence-corrected chi connectivity index (χ4v) is 6.23. The highest BCUT2D eigenvalue weighted by Gasteiger charge is 2.37. The minimum atomic E-state index is -1.13. The van der Waals surface area contributed by atoms with Crippen LogP contribution in [0, 0.1) is 0 Å². The highest BCUT2D eigenvalue weighted by Crippen LogP contribution is 2.39. The first-order chi connectivity index (χ1) is 16.4. The van der Waals surface area contributed by atoms with Crippen molar-refractivity contribution in [2.75, 3.05) is 31.1 Å². The van der Waals surface area contributed by atoms with Gasteiger partial charge in [-0.25, -0.2) is 15.0 Å². The van der Waals surface area contributed by atoms with Crippen LogP contribution in [0.25, 0.3) is 22.2 Å². The van der Waals surface area contributed by atoms with Gasteiger partial charge in [0.1, 0.15) is 18.7 Å². The van der Waals surface area contributed by atoms with Gasteiger partial charge < -0.3 is 19.5 Å². The summed E-state index contributed by atoms with van der Waals surface area (Å²) in [6, 6.07) is 3.35. The molecule has 1 atom stereocenters. The van der Waals surface area contributed by atoms with Crippen LogP contribution in [-0.4, -0.2) is 59.4 Å². The number of piperidine rings is 2. The van der Waals surface area contributed by atoms with E-state index in [4.69, 9.17) is 9.72 Å². The third kappa shape index (κ3) is 5.04. The molecule has 2 saturated heterocycles. The predicted octanol–water partition coefficient (Wildman–Crippen LogP) is 4.92. The van der Waals surface area contributed by atoms with Crippen LogP contribution in [0.1, 0.15) is 32.1 Å². The van der Waals surface area contributed by atoms with E-state index in [1.54, 1.807) is 6.33 Å². The van der Waals surface area contributed by atoms with E-state index in [0.29, 0.717) is 6.73 Å². The standard InChI is InChI=1S/C26H38N6OSi/c1-34(2,3)14-13-33-20-32-17-22(21-15-27-19-28-16-21)24-23(7-11-29-25(24)32)31-12-6-9-26(18-31)8-4-5-10-30-26/h7,11,15-17,19,30H,4-6,8-10,12-14,18,20H2,1-3H3/t26-/m1/s1. The lowest BCUT2D eigenvalue weighted by molar-refractivity contribution is 0.0899. The maximum atomic E-state index is 6.13. The van der Waals surface area contributed by atoms with Crippen LogP contribution in [0.15, 0.2) is 37.2 Å². The minimum Gasteiger partial charge on any atom is -0.369 e. The molecule has 8 heteroatoms.